The second-order valence-corrected chi connectivity index (χ2v) is 8.68. The highest BCUT2D eigenvalue weighted by Crippen LogP contribution is 2.35. The zero-order valence-corrected chi connectivity index (χ0v) is 20.4. The van der Waals surface area contributed by atoms with E-state index in [0.29, 0.717) is 28.2 Å². The minimum atomic E-state index is -4.70. The van der Waals surface area contributed by atoms with Gasteiger partial charge in [0.1, 0.15) is 21.5 Å². The van der Waals surface area contributed by atoms with Crippen LogP contribution in [0.2, 0.25) is 5.02 Å². The van der Waals surface area contributed by atoms with Gasteiger partial charge >= 0.3 is 6.18 Å². The Morgan fingerprint density at radius 1 is 1.17 bits per heavy atom. The second-order valence-electron chi connectivity index (χ2n) is 7.21. The molecule has 3 aromatic rings. The van der Waals surface area contributed by atoms with Crippen molar-refractivity contribution in [3.8, 4) is 0 Å². The van der Waals surface area contributed by atoms with E-state index in [2.05, 4.69) is 30.6 Å². The van der Waals surface area contributed by atoms with E-state index in [1.807, 2.05) is 0 Å². The van der Waals surface area contributed by atoms with Crippen molar-refractivity contribution < 1.29 is 22.8 Å². The van der Waals surface area contributed by atoms with E-state index in [4.69, 9.17) is 17.3 Å². The Morgan fingerprint density at radius 3 is 2.56 bits per heavy atom. The SMILES string of the molecule is C/N=C(\C=C\C(=O)NC(C)c1ncc(C(=O)Nc2cc(C(F)(F)F)c(Cl)cn2)s1)c1ccc(N)nc1. The third-order valence-electron chi connectivity index (χ3n) is 4.59. The number of pyridine rings is 2. The number of nitrogens with zero attached hydrogens (tertiary/aromatic N) is 4. The van der Waals surface area contributed by atoms with Gasteiger partial charge in [-0.2, -0.15) is 13.2 Å². The molecule has 0 aliphatic rings. The average Bonchev–Trinajstić information content (AvgIpc) is 3.32. The molecule has 0 spiro atoms. The maximum atomic E-state index is 13.0. The Bertz CT molecular complexity index is 1320. The number of nitrogens with two attached hydrogens (primary N) is 1. The first-order valence-corrected chi connectivity index (χ1v) is 11.3. The first kappa shape index (κ1) is 26.8. The summed E-state index contributed by atoms with van der Waals surface area (Å²) < 4.78 is 39.1. The topological polar surface area (TPSA) is 135 Å². The van der Waals surface area contributed by atoms with Gasteiger partial charge in [0.2, 0.25) is 5.91 Å². The van der Waals surface area contributed by atoms with Crippen molar-refractivity contribution >= 4 is 52.1 Å². The smallest absolute Gasteiger partial charge is 0.384 e. The van der Waals surface area contributed by atoms with Crippen LogP contribution in [0, 0.1) is 0 Å². The molecule has 0 aromatic carbocycles. The molecule has 0 fully saturated rings. The molecule has 0 radical (unpaired) electrons. The molecule has 0 aliphatic heterocycles. The first-order valence-electron chi connectivity index (χ1n) is 10.1. The molecule has 2 amide bonds. The Morgan fingerprint density at radius 2 is 1.92 bits per heavy atom. The summed E-state index contributed by atoms with van der Waals surface area (Å²) in [5.41, 5.74) is 5.65. The maximum absolute atomic E-state index is 13.0. The van der Waals surface area contributed by atoms with E-state index in [1.165, 1.54) is 24.5 Å². The van der Waals surface area contributed by atoms with E-state index in [0.717, 1.165) is 17.5 Å². The van der Waals surface area contributed by atoms with Crippen molar-refractivity contribution in [3.05, 3.63) is 75.0 Å². The number of halogens is 4. The fraction of sp³-hybridized carbons (Fsp3) is 0.182. The number of nitrogens with one attached hydrogen (secondary N) is 2. The molecule has 1 unspecified atom stereocenters. The summed E-state index contributed by atoms with van der Waals surface area (Å²) in [5.74, 6) is -1.10. The average molecular weight is 538 g/mol. The molecule has 14 heteroatoms. The monoisotopic (exact) mass is 537 g/mol. The van der Waals surface area contributed by atoms with Crippen LogP contribution in [-0.2, 0) is 11.0 Å². The largest absolute Gasteiger partial charge is 0.418 e. The molecule has 36 heavy (non-hydrogen) atoms. The van der Waals surface area contributed by atoms with Gasteiger partial charge in [0.05, 0.1) is 28.5 Å². The number of hydrogen-bond donors (Lipinski definition) is 3. The first-order chi connectivity index (χ1) is 17.0. The Balaban J connectivity index is 1.62. The summed E-state index contributed by atoms with van der Waals surface area (Å²) in [6.07, 6.45) is 1.71. The highest BCUT2D eigenvalue weighted by atomic mass is 35.5. The maximum Gasteiger partial charge on any atom is 0.418 e. The number of carbonyl (C=O) groups excluding carboxylic acids is 2. The predicted molar refractivity (Wildman–Crippen MR) is 131 cm³/mol. The van der Waals surface area contributed by atoms with E-state index in [1.54, 1.807) is 26.1 Å². The second kappa shape index (κ2) is 11.3. The Hall–Kier alpha value is -3.84. The number of alkyl halides is 3. The van der Waals surface area contributed by atoms with Crippen LogP contribution < -0.4 is 16.4 Å². The zero-order valence-electron chi connectivity index (χ0n) is 18.8. The molecule has 3 aromatic heterocycles. The quantitative estimate of drug-likeness (QED) is 0.304. The van der Waals surface area contributed by atoms with Crippen LogP contribution >= 0.6 is 22.9 Å². The normalized spacial score (nSPS) is 13.0. The highest BCUT2D eigenvalue weighted by molar-refractivity contribution is 7.13. The molecule has 0 bridgehead atoms. The van der Waals surface area contributed by atoms with Gasteiger partial charge in [-0.15, -0.1) is 11.3 Å². The van der Waals surface area contributed by atoms with Gasteiger partial charge in [-0.1, -0.05) is 11.6 Å². The number of aliphatic imine (C=N–C) groups is 1. The van der Waals surface area contributed by atoms with Crippen molar-refractivity contribution in [2.24, 2.45) is 4.99 Å². The Kier molecular flexibility index (Phi) is 8.37. The minimum absolute atomic E-state index is 0.114. The van der Waals surface area contributed by atoms with Crippen LogP contribution in [-0.4, -0.2) is 39.5 Å². The standard InChI is InChI=1S/C22H19ClF3N7O2S/c1-11(32-19(34)6-4-15(28-2)12-3-5-17(27)29-8-12)21-31-10-16(36-21)20(35)33-18-7-13(22(24,25)26)14(23)9-30-18/h3-11H,1-2H3,(H2,27,29)(H,32,34)(H,30,33,35)/b6-4+,28-15+. The van der Waals surface area contributed by atoms with Crippen LogP contribution in [0.5, 0.6) is 0 Å². The molecule has 0 saturated heterocycles. The number of anilines is 2. The third kappa shape index (κ3) is 6.86. The van der Waals surface area contributed by atoms with E-state index < -0.39 is 34.6 Å². The summed E-state index contributed by atoms with van der Waals surface area (Å²) in [7, 11) is 1.57. The van der Waals surface area contributed by atoms with Crippen molar-refractivity contribution in [2.45, 2.75) is 19.1 Å². The van der Waals surface area contributed by atoms with Gasteiger partial charge < -0.3 is 16.4 Å². The molecule has 4 N–H and O–H groups in total. The van der Waals surface area contributed by atoms with Crippen molar-refractivity contribution in [2.75, 3.05) is 18.1 Å². The lowest BCUT2D eigenvalue weighted by molar-refractivity contribution is -0.137. The van der Waals surface area contributed by atoms with Gasteiger partial charge in [0.25, 0.3) is 5.91 Å². The van der Waals surface area contributed by atoms with Gasteiger partial charge in [-0.3, -0.25) is 14.6 Å². The van der Waals surface area contributed by atoms with Crippen LogP contribution in [0.15, 0.2) is 53.9 Å². The van der Waals surface area contributed by atoms with Crippen molar-refractivity contribution in [1.82, 2.24) is 20.3 Å². The lowest BCUT2D eigenvalue weighted by Crippen LogP contribution is -2.24. The molecule has 188 valence electrons. The molecule has 0 aliphatic carbocycles. The zero-order chi connectivity index (χ0) is 26.5. The van der Waals surface area contributed by atoms with E-state index in [-0.39, 0.29) is 10.7 Å². The van der Waals surface area contributed by atoms with Crippen LogP contribution in [0.4, 0.5) is 24.8 Å². The summed E-state index contributed by atoms with van der Waals surface area (Å²) >= 11 is 6.51. The number of carbonyl (C=O) groups is 2. The van der Waals surface area contributed by atoms with Crippen molar-refractivity contribution in [3.63, 3.8) is 0 Å². The van der Waals surface area contributed by atoms with Gasteiger partial charge in [0, 0.05) is 31.1 Å². The molecule has 3 heterocycles. The van der Waals surface area contributed by atoms with Crippen LogP contribution in [0.25, 0.3) is 0 Å². The number of hydrogen-bond acceptors (Lipinski definition) is 8. The fourth-order valence-corrected chi connectivity index (χ4v) is 3.86. The van der Waals surface area contributed by atoms with Crippen LogP contribution in [0.1, 0.15) is 38.8 Å². The number of aromatic nitrogens is 3. The predicted octanol–water partition coefficient (Wildman–Crippen LogP) is 4.29. The number of rotatable bonds is 7. The Labute approximate surface area is 212 Å². The lowest BCUT2D eigenvalue weighted by Gasteiger charge is -2.10. The van der Waals surface area contributed by atoms with E-state index >= 15 is 0 Å². The summed E-state index contributed by atoms with van der Waals surface area (Å²) in [4.78, 5) is 40.9. The lowest BCUT2D eigenvalue weighted by atomic mass is 10.1. The summed E-state index contributed by atoms with van der Waals surface area (Å²) in [5, 5.41) is 4.83. The van der Waals surface area contributed by atoms with Crippen molar-refractivity contribution in [1.29, 1.82) is 0 Å². The minimum Gasteiger partial charge on any atom is -0.384 e. The molecule has 0 saturated carbocycles. The van der Waals surface area contributed by atoms with Gasteiger partial charge in [-0.05, 0) is 31.2 Å². The number of amides is 2. The third-order valence-corrected chi connectivity index (χ3v) is 6.07. The van der Waals surface area contributed by atoms with Gasteiger partial charge in [-0.25, -0.2) is 15.0 Å². The fourth-order valence-electron chi connectivity index (χ4n) is 2.83. The van der Waals surface area contributed by atoms with Crippen LogP contribution in [0.3, 0.4) is 0 Å². The molecular weight excluding hydrogens is 519 g/mol. The molecular formula is C22H19ClF3N7O2S. The van der Waals surface area contributed by atoms with Gasteiger partial charge in [0.15, 0.2) is 0 Å². The molecule has 9 nitrogen and oxygen atoms in total. The molecule has 1 atom stereocenters. The summed E-state index contributed by atoms with van der Waals surface area (Å²) in [6.45, 7) is 1.67. The molecule has 3 rings (SSSR count). The number of nitrogen functional groups attached to an aromatic ring is 1. The highest BCUT2D eigenvalue weighted by Gasteiger charge is 2.34. The number of allylic oxidation sites excluding steroid dienone is 1. The van der Waals surface area contributed by atoms with E-state index in [9.17, 15) is 22.8 Å². The number of thiazole rings is 1. The summed E-state index contributed by atoms with van der Waals surface area (Å²) in [6, 6.07) is 3.43.